The summed E-state index contributed by atoms with van der Waals surface area (Å²) in [7, 11) is 3.67. The molecule has 15 heteroatoms. The summed E-state index contributed by atoms with van der Waals surface area (Å²) in [6.07, 6.45) is -3.93. The van der Waals surface area contributed by atoms with Crippen molar-refractivity contribution in [1.29, 1.82) is 0 Å². The first-order valence-corrected chi connectivity index (χ1v) is 17.4. The highest BCUT2D eigenvalue weighted by Gasteiger charge is 2.25. The maximum atomic E-state index is 13.3. The molecule has 0 amide bonds. The first-order chi connectivity index (χ1) is 26.5. The Hall–Kier alpha value is -6.51. The normalized spacial score (nSPS) is 13.4. The molecule has 1 aromatic heterocycles. The Morgan fingerprint density at radius 2 is 1.14 bits per heavy atom. The highest BCUT2D eigenvalue weighted by molar-refractivity contribution is 6.01. The van der Waals surface area contributed by atoms with Crippen LogP contribution < -0.4 is 24.6 Å². The maximum Gasteiger partial charge on any atom is 0.347 e. The van der Waals surface area contributed by atoms with E-state index in [0.717, 1.165) is 0 Å². The largest absolute Gasteiger partial charge is 0.479 e. The molecule has 0 radical (unpaired) electrons. The molecule has 4 unspecified atom stereocenters. The van der Waals surface area contributed by atoms with Gasteiger partial charge in [-0.2, -0.15) is 0 Å². The molecule has 0 aliphatic rings. The van der Waals surface area contributed by atoms with Gasteiger partial charge in [-0.15, -0.1) is 0 Å². The summed E-state index contributed by atoms with van der Waals surface area (Å²) in [6.45, 7) is 15.1. The SMILES string of the molecule is C=C(C)c1cc(OC(C)C(C)=O)c(OC(C)C(=O)OC)cc1N=C(C)c1ccc(-c2nc3cc(OC(C)C(=O)OC)c(OC(C)C(=O)OC)cc3c(=O)o2)cc1. The summed E-state index contributed by atoms with van der Waals surface area (Å²) >= 11 is 0. The van der Waals surface area contributed by atoms with Gasteiger partial charge in [-0.3, -0.25) is 9.79 Å². The number of methoxy groups -OCH3 is 3. The molecule has 0 N–H and O–H groups in total. The summed E-state index contributed by atoms with van der Waals surface area (Å²) in [5.74, 6) is -1.77. The minimum Gasteiger partial charge on any atom is -0.479 e. The van der Waals surface area contributed by atoms with Crippen LogP contribution in [0.3, 0.4) is 0 Å². The molecule has 0 saturated heterocycles. The predicted octanol–water partition coefficient (Wildman–Crippen LogP) is 6.21. The second-order valence-corrected chi connectivity index (χ2v) is 12.7. The van der Waals surface area contributed by atoms with Crippen LogP contribution in [0.5, 0.6) is 23.0 Å². The average molecular weight is 773 g/mol. The molecule has 0 bridgehead atoms. The third-order valence-corrected chi connectivity index (χ3v) is 8.44. The van der Waals surface area contributed by atoms with Crippen molar-refractivity contribution in [3.05, 3.63) is 76.7 Å². The van der Waals surface area contributed by atoms with Crippen LogP contribution in [-0.2, 0) is 33.4 Å². The van der Waals surface area contributed by atoms with Crippen molar-refractivity contribution in [2.24, 2.45) is 4.99 Å². The van der Waals surface area contributed by atoms with E-state index >= 15 is 0 Å². The summed E-state index contributed by atoms with van der Waals surface area (Å²) in [5, 5.41) is 0.0308. The van der Waals surface area contributed by atoms with Gasteiger partial charge in [0.05, 0.1) is 37.9 Å². The third kappa shape index (κ3) is 9.96. The van der Waals surface area contributed by atoms with E-state index in [1.54, 1.807) is 57.2 Å². The quantitative estimate of drug-likeness (QED) is 0.0710. The molecule has 0 fully saturated rings. The van der Waals surface area contributed by atoms with Crippen LogP contribution >= 0.6 is 0 Å². The van der Waals surface area contributed by atoms with Gasteiger partial charge in [0.1, 0.15) is 0 Å². The number of allylic oxidation sites excluding steroid dienone is 1. The zero-order valence-corrected chi connectivity index (χ0v) is 32.8. The number of aliphatic imine (C=N–C) groups is 1. The minimum absolute atomic E-state index is 0.00586. The second kappa shape index (κ2) is 18.2. The summed E-state index contributed by atoms with van der Waals surface area (Å²) in [5.41, 5.74) is 2.90. The number of aromatic nitrogens is 1. The molecule has 0 aliphatic heterocycles. The highest BCUT2D eigenvalue weighted by atomic mass is 16.6. The fourth-order valence-electron chi connectivity index (χ4n) is 5.14. The molecular formula is C41H44N2O13. The average Bonchev–Trinajstić information content (AvgIpc) is 3.17. The number of benzene rings is 3. The van der Waals surface area contributed by atoms with Crippen molar-refractivity contribution in [2.45, 2.75) is 72.9 Å². The van der Waals surface area contributed by atoms with Gasteiger partial charge in [0.25, 0.3) is 0 Å². The van der Waals surface area contributed by atoms with E-state index in [2.05, 4.69) is 11.6 Å². The Morgan fingerprint density at radius 3 is 1.62 bits per heavy atom. The zero-order chi connectivity index (χ0) is 41.4. The van der Waals surface area contributed by atoms with Gasteiger partial charge < -0.3 is 37.6 Å². The van der Waals surface area contributed by atoms with Crippen LogP contribution in [-0.4, -0.2) is 80.1 Å². The molecule has 0 saturated carbocycles. The van der Waals surface area contributed by atoms with E-state index in [0.29, 0.717) is 33.7 Å². The lowest BCUT2D eigenvalue weighted by atomic mass is 10.0. The van der Waals surface area contributed by atoms with E-state index in [9.17, 15) is 24.0 Å². The number of carbonyl (C=O) groups is 4. The molecule has 4 rings (SSSR count). The molecule has 0 aliphatic carbocycles. The van der Waals surface area contributed by atoms with Crippen molar-refractivity contribution in [3.63, 3.8) is 0 Å². The summed E-state index contributed by atoms with van der Waals surface area (Å²) in [6, 6.07) is 12.9. The van der Waals surface area contributed by atoms with E-state index in [1.165, 1.54) is 61.2 Å². The molecule has 56 heavy (non-hydrogen) atoms. The summed E-state index contributed by atoms with van der Waals surface area (Å²) in [4.78, 5) is 71.1. The zero-order valence-electron chi connectivity index (χ0n) is 32.8. The molecule has 4 atom stereocenters. The molecular weight excluding hydrogens is 728 g/mol. The van der Waals surface area contributed by atoms with E-state index in [-0.39, 0.29) is 45.6 Å². The lowest BCUT2D eigenvalue weighted by molar-refractivity contribution is -0.149. The fraction of sp³-hybridized carbons (Fsp3) is 0.341. The number of Topliss-reactive ketones (excluding diaryl/α,β-unsaturated/α-hetero) is 1. The van der Waals surface area contributed by atoms with Crippen molar-refractivity contribution >= 4 is 51.6 Å². The smallest absolute Gasteiger partial charge is 0.347 e. The first kappa shape index (κ1) is 42.2. The second-order valence-electron chi connectivity index (χ2n) is 12.7. The van der Waals surface area contributed by atoms with Crippen LogP contribution in [0, 0.1) is 0 Å². The van der Waals surface area contributed by atoms with Gasteiger partial charge in [-0.25, -0.2) is 24.2 Å². The van der Waals surface area contributed by atoms with E-state index in [1.807, 2.05) is 0 Å². The number of nitrogens with zero attached hydrogens (tertiary/aromatic N) is 2. The van der Waals surface area contributed by atoms with Crippen molar-refractivity contribution in [1.82, 2.24) is 4.98 Å². The number of hydrogen-bond acceptors (Lipinski definition) is 15. The van der Waals surface area contributed by atoms with Crippen LogP contribution in [0.4, 0.5) is 5.69 Å². The molecule has 1 heterocycles. The van der Waals surface area contributed by atoms with Gasteiger partial charge in [0, 0.05) is 35.0 Å². The van der Waals surface area contributed by atoms with Gasteiger partial charge >= 0.3 is 23.5 Å². The van der Waals surface area contributed by atoms with Gasteiger partial charge in [-0.05, 0) is 77.8 Å². The van der Waals surface area contributed by atoms with Crippen molar-refractivity contribution in [3.8, 4) is 34.5 Å². The number of fused-ring (bicyclic) bond motifs is 1. The Morgan fingerprint density at radius 1 is 0.679 bits per heavy atom. The first-order valence-electron chi connectivity index (χ1n) is 17.4. The highest BCUT2D eigenvalue weighted by Crippen LogP contribution is 2.40. The topological polar surface area (TPSA) is 188 Å². The van der Waals surface area contributed by atoms with Gasteiger partial charge in [0.2, 0.25) is 5.89 Å². The van der Waals surface area contributed by atoms with Gasteiger partial charge in [-0.1, -0.05) is 18.7 Å². The minimum atomic E-state index is -1.08. The Bertz CT molecular complexity index is 2240. The number of ketones is 1. The lowest BCUT2D eigenvalue weighted by Crippen LogP contribution is -2.27. The number of ether oxygens (including phenoxy) is 7. The number of rotatable bonds is 16. The molecule has 3 aromatic carbocycles. The van der Waals surface area contributed by atoms with Crippen molar-refractivity contribution < 1.29 is 56.8 Å². The lowest BCUT2D eigenvalue weighted by Gasteiger charge is -2.20. The van der Waals surface area contributed by atoms with E-state index < -0.39 is 47.9 Å². The summed E-state index contributed by atoms with van der Waals surface area (Å²) < 4.78 is 43.3. The molecule has 4 aromatic rings. The van der Waals surface area contributed by atoms with Crippen LogP contribution in [0.1, 0.15) is 59.6 Å². The number of carbonyl (C=O) groups excluding carboxylic acids is 4. The Labute approximate surface area is 323 Å². The van der Waals surface area contributed by atoms with Crippen molar-refractivity contribution in [2.75, 3.05) is 21.3 Å². The van der Waals surface area contributed by atoms with Crippen LogP contribution in [0.25, 0.3) is 27.9 Å². The predicted molar refractivity (Wildman–Crippen MR) is 206 cm³/mol. The number of hydrogen-bond donors (Lipinski definition) is 0. The van der Waals surface area contributed by atoms with E-state index in [4.69, 9.17) is 42.6 Å². The van der Waals surface area contributed by atoms with Crippen LogP contribution in [0.2, 0.25) is 0 Å². The van der Waals surface area contributed by atoms with Crippen LogP contribution in [0.15, 0.2) is 69.3 Å². The molecule has 296 valence electrons. The molecule has 0 spiro atoms. The fourth-order valence-corrected chi connectivity index (χ4v) is 5.14. The molecule has 15 nitrogen and oxygen atoms in total. The monoisotopic (exact) mass is 772 g/mol. The number of esters is 3. The third-order valence-electron chi connectivity index (χ3n) is 8.44. The Kier molecular flexibility index (Phi) is 13.7. The maximum absolute atomic E-state index is 13.3. The standard InChI is InChI=1S/C41H44N2O13/c1-20(2)29-16-33(52-23(5)22(4)44)35(54-25(7)39(46)50-10)18-31(29)42-21(3)27-12-14-28(15-13-27)37-43-32-19-36(55-26(8)40(47)51-11)34(17-30(32)41(48)56-37)53-24(6)38(45)49-9/h12-19,23-26H,1H2,2-11H3. The Balaban J connectivity index is 1.74. The van der Waals surface area contributed by atoms with Gasteiger partial charge in [0.15, 0.2) is 53.2 Å².